The first kappa shape index (κ1) is 53.7. The highest BCUT2D eigenvalue weighted by atomic mass is 32.3. The lowest BCUT2D eigenvalue weighted by atomic mass is 9.88. The molecule has 4 heterocycles. The molecule has 0 spiro atoms. The summed E-state index contributed by atoms with van der Waals surface area (Å²) in [5.74, 6) is -6.00. The minimum absolute atomic E-state index is 0.179. The Hall–Kier alpha value is -1.89. The van der Waals surface area contributed by atoms with E-state index in [0.29, 0.717) is 0 Å². The number of carbonyl (C=O) groups is 2. The van der Waals surface area contributed by atoms with Gasteiger partial charge in [0, 0.05) is 46.2 Å². The third-order valence-corrected chi connectivity index (χ3v) is 12.6. The van der Waals surface area contributed by atoms with Crippen molar-refractivity contribution in [1.82, 2.24) is 0 Å². The zero-order valence-corrected chi connectivity index (χ0v) is 37.9. The standard InChI is InChI=1S/C33H56O27S3/c1-10-15-17(12(3)21(31(50-9)51-15)58-61(38,39)40)53-30-14(5)19(48-7)23(25(57-30)29(36)37)56-33-27(60-63(44,45)46)24(59-62(41,42)43)22(16(11-2)52-33)55-32-26(49-8)18(47-6)13(4)20(54-32)28(34)35/h12-27,30-33H,10-11H2,1-9H3,(H,34,35)(H,36,37)(H,38,39,40)(H,41,42,43)(H,44,45,46)/t12-,13-,14+,15+,16+,17-,18-,19+,20-,21+,22+,23-,24-,25+,26+,27+,30+,31-,32-,33+/m0/s1. The molecule has 0 radical (unpaired) electrons. The Balaban J connectivity index is 1.73. The minimum atomic E-state index is -5.65. The molecule has 368 valence electrons. The molecule has 0 amide bonds. The molecule has 4 fully saturated rings. The molecule has 4 saturated heterocycles. The molecule has 5 N–H and O–H groups in total. The summed E-state index contributed by atoms with van der Waals surface area (Å²) in [6.45, 7) is 7.62. The molecule has 0 aromatic rings. The maximum absolute atomic E-state index is 12.9. The number of methoxy groups -OCH3 is 4. The molecule has 4 aliphatic rings. The summed E-state index contributed by atoms with van der Waals surface area (Å²) in [4.78, 5) is 25.1. The maximum atomic E-state index is 12.9. The number of aliphatic carboxylic acids is 2. The number of hydrogen-bond donors (Lipinski definition) is 5. The first-order valence-electron chi connectivity index (χ1n) is 19.4. The number of hydrogen-bond acceptors (Lipinski definition) is 22. The van der Waals surface area contributed by atoms with Crippen molar-refractivity contribution in [3.63, 3.8) is 0 Å². The predicted octanol–water partition coefficient (Wildman–Crippen LogP) is -0.805. The maximum Gasteiger partial charge on any atom is 0.397 e. The summed E-state index contributed by atoms with van der Waals surface area (Å²) in [7, 11) is -11.5. The van der Waals surface area contributed by atoms with Gasteiger partial charge in [0.25, 0.3) is 0 Å². The van der Waals surface area contributed by atoms with Crippen molar-refractivity contribution in [2.24, 2.45) is 17.8 Å². The summed E-state index contributed by atoms with van der Waals surface area (Å²) >= 11 is 0. The van der Waals surface area contributed by atoms with Gasteiger partial charge in [-0.1, -0.05) is 34.6 Å². The zero-order chi connectivity index (χ0) is 47.5. The second-order valence-corrected chi connectivity index (χ2v) is 18.3. The normalized spacial score (nSPS) is 41.8. The van der Waals surface area contributed by atoms with Gasteiger partial charge >= 0.3 is 43.1 Å². The van der Waals surface area contributed by atoms with Gasteiger partial charge in [-0.2, -0.15) is 25.3 Å². The minimum Gasteiger partial charge on any atom is -0.479 e. The topological polar surface area (TPSA) is 367 Å². The molecule has 4 aliphatic heterocycles. The van der Waals surface area contributed by atoms with Crippen molar-refractivity contribution in [2.75, 3.05) is 28.4 Å². The molecule has 0 unspecified atom stereocenters. The highest BCUT2D eigenvalue weighted by Gasteiger charge is 2.59. The van der Waals surface area contributed by atoms with Crippen LogP contribution in [0.3, 0.4) is 0 Å². The SMILES string of the molecule is CC[C@H]1O[C@H](OC)[C@H](OS(=O)(=O)O)[C@@H](C)[C@@H]1O[C@@H]1O[C@@H](C(=O)O)[C@@H](O[C@H]2O[C@H](CC)[C@@H](O[C@@H]3O[C@H](C(=O)O)[C@@H](C)[C@H](OC)[C@H]3OC)[C@H](OS(=O)(=O)O)[C@H]2OS(=O)(=O)O)[C@H](OC)[C@H]1C. The van der Waals surface area contributed by atoms with Crippen molar-refractivity contribution < 1.29 is 123 Å². The Kier molecular flexibility index (Phi) is 18.6. The van der Waals surface area contributed by atoms with E-state index in [1.165, 1.54) is 49.0 Å². The van der Waals surface area contributed by atoms with Crippen LogP contribution in [0.5, 0.6) is 0 Å². The van der Waals surface area contributed by atoms with E-state index in [1.807, 2.05) is 0 Å². The molecule has 27 nitrogen and oxygen atoms in total. The number of rotatable bonds is 20. The molecule has 0 saturated carbocycles. The van der Waals surface area contributed by atoms with Gasteiger partial charge < -0.3 is 62.3 Å². The summed E-state index contributed by atoms with van der Waals surface area (Å²) in [5.41, 5.74) is 0. The van der Waals surface area contributed by atoms with Crippen LogP contribution in [0, 0.1) is 17.8 Å². The second kappa shape index (κ2) is 21.8. The third kappa shape index (κ3) is 13.0. The van der Waals surface area contributed by atoms with E-state index >= 15 is 0 Å². The van der Waals surface area contributed by atoms with Gasteiger partial charge in [0.05, 0.1) is 30.5 Å². The summed E-state index contributed by atoms with van der Waals surface area (Å²) in [6, 6.07) is 0. The third-order valence-electron chi connectivity index (χ3n) is 11.2. The van der Waals surface area contributed by atoms with Crippen molar-refractivity contribution in [1.29, 1.82) is 0 Å². The van der Waals surface area contributed by atoms with Crippen molar-refractivity contribution >= 4 is 43.1 Å². The van der Waals surface area contributed by atoms with Crippen LogP contribution >= 0.6 is 0 Å². The van der Waals surface area contributed by atoms with Crippen LogP contribution in [-0.4, -0.2) is 194 Å². The van der Waals surface area contributed by atoms with Gasteiger partial charge in [0.15, 0.2) is 43.5 Å². The molecule has 4 rings (SSSR count). The van der Waals surface area contributed by atoms with Gasteiger partial charge in [-0.05, 0) is 12.8 Å². The van der Waals surface area contributed by atoms with E-state index in [9.17, 15) is 58.7 Å². The smallest absolute Gasteiger partial charge is 0.397 e. The highest BCUT2D eigenvalue weighted by Crippen LogP contribution is 2.41. The molecule has 0 bridgehead atoms. The average molecular weight is 981 g/mol. The molecule has 20 atom stereocenters. The first-order chi connectivity index (χ1) is 29.2. The van der Waals surface area contributed by atoms with Crippen molar-refractivity contribution in [3.05, 3.63) is 0 Å². The van der Waals surface area contributed by atoms with Gasteiger partial charge in [0.2, 0.25) is 0 Å². The van der Waals surface area contributed by atoms with Crippen LogP contribution in [-0.2, 0) is 105 Å². The van der Waals surface area contributed by atoms with Gasteiger partial charge in [-0.25, -0.2) is 22.1 Å². The van der Waals surface area contributed by atoms with Gasteiger partial charge in [0.1, 0.15) is 30.5 Å². The van der Waals surface area contributed by atoms with E-state index < -0.39 is 165 Å². The van der Waals surface area contributed by atoms with Crippen molar-refractivity contribution in [2.45, 2.75) is 152 Å². The van der Waals surface area contributed by atoms with E-state index in [2.05, 4.69) is 0 Å². The zero-order valence-electron chi connectivity index (χ0n) is 35.4. The fourth-order valence-corrected chi connectivity index (χ4v) is 9.85. The van der Waals surface area contributed by atoms with Crippen molar-refractivity contribution in [3.8, 4) is 0 Å². The quantitative estimate of drug-likeness (QED) is 0.0932. The predicted molar refractivity (Wildman–Crippen MR) is 201 cm³/mol. The van der Waals surface area contributed by atoms with Crippen LogP contribution in [0.2, 0.25) is 0 Å². The Morgan fingerprint density at radius 2 is 0.857 bits per heavy atom. The van der Waals surface area contributed by atoms with E-state index in [-0.39, 0.29) is 12.8 Å². The van der Waals surface area contributed by atoms with Crippen LogP contribution in [0.4, 0.5) is 0 Å². The number of carboxylic acid groups (broad SMARTS) is 2. The van der Waals surface area contributed by atoms with Crippen LogP contribution in [0.15, 0.2) is 0 Å². The molecule has 0 aromatic heterocycles. The lowest BCUT2D eigenvalue weighted by molar-refractivity contribution is -0.372. The lowest BCUT2D eigenvalue weighted by Crippen LogP contribution is -2.67. The first-order valence-corrected chi connectivity index (χ1v) is 23.5. The molecular weight excluding hydrogens is 925 g/mol. The van der Waals surface area contributed by atoms with Crippen LogP contribution < -0.4 is 0 Å². The largest absolute Gasteiger partial charge is 0.479 e. The number of ether oxygens (including phenoxy) is 11. The van der Waals surface area contributed by atoms with Crippen LogP contribution in [0.1, 0.15) is 47.5 Å². The average Bonchev–Trinajstić information content (AvgIpc) is 3.17. The highest BCUT2D eigenvalue weighted by molar-refractivity contribution is 7.81. The fraction of sp³-hybridized carbons (Fsp3) is 0.939. The summed E-state index contributed by atoms with van der Waals surface area (Å²) in [5, 5.41) is 20.4. The molecule has 0 aromatic carbocycles. The molecule has 0 aliphatic carbocycles. The molecule has 30 heteroatoms. The van der Waals surface area contributed by atoms with E-state index in [0.717, 1.165) is 7.11 Å². The Morgan fingerprint density at radius 1 is 0.444 bits per heavy atom. The van der Waals surface area contributed by atoms with E-state index in [4.69, 9.17) is 64.7 Å². The van der Waals surface area contributed by atoms with E-state index in [1.54, 1.807) is 6.92 Å². The molecular formula is C33H56O27S3. The van der Waals surface area contributed by atoms with Gasteiger partial charge in [-0.15, -0.1) is 0 Å². The molecule has 63 heavy (non-hydrogen) atoms. The lowest BCUT2D eigenvalue weighted by Gasteiger charge is -2.50. The van der Waals surface area contributed by atoms with Crippen LogP contribution in [0.25, 0.3) is 0 Å². The summed E-state index contributed by atoms with van der Waals surface area (Å²) in [6.07, 6.45) is -27.6. The second-order valence-electron chi connectivity index (χ2n) is 15.1. The Morgan fingerprint density at radius 3 is 1.33 bits per heavy atom. The van der Waals surface area contributed by atoms with Gasteiger partial charge in [-0.3, -0.25) is 13.7 Å². The Bertz CT molecular complexity index is 1870. The Labute approximate surface area is 363 Å². The monoisotopic (exact) mass is 980 g/mol. The fourth-order valence-electron chi connectivity index (χ4n) is 8.33. The summed E-state index contributed by atoms with van der Waals surface area (Å²) < 4.78 is 181. The number of carboxylic acids is 2.